The minimum Gasteiger partial charge on any atom is -0.380 e. The van der Waals surface area contributed by atoms with E-state index < -0.39 is 11.6 Å². The molecule has 1 rings (SSSR count). The lowest BCUT2D eigenvalue weighted by atomic mass is 10.1. The van der Waals surface area contributed by atoms with Crippen LogP contribution in [-0.2, 0) is 0 Å². The third-order valence-electron chi connectivity index (χ3n) is 2.31. The van der Waals surface area contributed by atoms with E-state index in [0.717, 1.165) is 6.07 Å². The van der Waals surface area contributed by atoms with Crippen molar-refractivity contribution < 1.29 is 8.78 Å². The van der Waals surface area contributed by atoms with Gasteiger partial charge < -0.3 is 5.32 Å². The average molecular weight is 199 g/mol. The summed E-state index contributed by atoms with van der Waals surface area (Å²) in [4.78, 5) is 0. The van der Waals surface area contributed by atoms with E-state index in [0.29, 0.717) is 11.6 Å². The number of hydrogen-bond acceptors (Lipinski definition) is 1. The molecule has 14 heavy (non-hydrogen) atoms. The molecule has 0 fully saturated rings. The molecule has 0 saturated carbocycles. The van der Waals surface area contributed by atoms with Crippen LogP contribution in [0.3, 0.4) is 0 Å². The molecule has 0 aliphatic rings. The summed E-state index contributed by atoms with van der Waals surface area (Å²) in [7, 11) is 0. The van der Waals surface area contributed by atoms with Gasteiger partial charge in [-0.05, 0) is 25.0 Å². The van der Waals surface area contributed by atoms with Gasteiger partial charge in [-0.1, -0.05) is 13.8 Å². The lowest BCUT2D eigenvalue weighted by molar-refractivity contribution is 0.548. The molecule has 1 aromatic rings. The van der Waals surface area contributed by atoms with Crippen LogP contribution in [0.15, 0.2) is 18.2 Å². The van der Waals surface area contributed by atoms with Crippen molar-refractivity contribution in [3.05, 3.63) is 29.8 Å². The Hall–Kier alpha value is -1.12. The molecule has 0 saturated heterocycles. The zero-order valence-electron chi connectivity index (χ0n) is 8.64. The highest BCUT2D eigenvalue weighted by atomic mass is 19.1. The van der Waals surface area contributed by atoms with Gasteiger partial charge in [-0.2, -0.15) is 0 Å². The zero-order valence-corrected chi connectivity index (χ0v) is 8.64. The van der Waals surface area contributed by atoms with Gasteiger partial charge in [0.05, 0.1) is 5.69 Å². The molecule has 1 nitrogen and oxygen atoms in total. The minimum atomic E-state index is -0.551. The van der Waals surface area contributed by atoms with Crippen LogP contribution in [0.4, 0.5) is 14.5 Å². The number of hydrogen-bond donors (Lipinski definition) is 1. The van der Waals surface area contributed by atoms with Crippen molar-refractivity contribution in [2.45, 2.75) is 26.8 Å². The van der Waals surface area contributed by atoms with Crippen molar-refractivity contribution in [1.82, 2.24) is 0 Å². The van der Waals surface area contributed by atoms with E-state index in [4.69, 9.17) is 0 Å². The summed E-state index contributed by atoms with van der Waals surface area (Å²) in [6.45, 7) is 6.05. The summed E-state index contributed by atoms with van der Waals surface area (Å²) < 4.78 is 25.7. The third kappa shape index (κ3) is 2.69. The Bertz CT molecular complexity index is 310. The molecule has 1 aromatic carbocycles. The molecule has 0 heterocycles. The SMILES string of the molecule is CC(C)C(C)Nc1ccc(F)cc1F. The average Bonchev–Trinajstić information content (AvgIpc) is 2.09. The maximum Gasteiger partial charge on any atom is 0.149 e. The first kappa shape index (κ1) is 11.0. The molecular formula is C11H15F2N. The molecule has 1 unspecified atom stereocenters. The van der Waals surface area contributed by atoms with Gasteiger partial charge >= 0.3 is 0 Å². The lowest BCUT2D eigenvalue weighted by Crippen LogP contribution is -2.22. The van der Waals surface area contributed by atoms with Gasteiger partial charge in [0, 0.05) is 12.1 Å². The van der Waals surface area contributed by atoms with Crippen molar-refractivity contribution in [3.63, 3.8) is 0 Å². The second-order valence-electron chi connectivity index (χ2n) is 3.80. The number of anilines is 1. The highest BCUT2D eigenvalue weighted by Gasteiger charge is 2.09. The van der Waals surface area contributed by atoms with Crippen LogP contribution in [0.25, 0.3) is 0 Å². The molecule has 78 valence electrons. The van der Waals surface area contributed by atoms with Gasteiger partial charge in [-0.3, -0.25) is 0 Å². The molecular weight excluding hydrogens is 184 g/mol. The highest BCUT2D eigenvalue weighted by molar-refractivity contribution is 5.45. The van der Waals surface area contributed by atoms with Crippen LogP contribution in [-0.4, -0.2) is 6.04 Å². The van der Waals surface area contributed by atoms with Gasteiger partial charge in [0.2, 0.25) is 0 Å². The van der Waals surface area contributed by atoms with Gasteiger partial charge in [0.1, 0.15) is 11.6 Å². The van der Waals surface area contributed by atoms with Crippen molar-refractivity contribution in [1.29, 1.82) is 0 Å². The Morgan fingerprint density at radius 1 is 1.14 bits per heavy atom. The van der Waals surface area contributed by atoms with E-state index in [2.05, 4.69) is 5.32 Å². The largest absolute Gasteiger partial charge is 0.380 e. The number of nitrogens with one attached hydrogen (secondary N) is 1. The Morgan fingerprint density at radius 2 is 1.79 bits per heavy atom. The topological polar surface area (TPSA) is 12.0 Å². The molecule has 0 amide bonds. The smallest absolute Gasteiger partial charge is 0.149 e. The Balaban J connectivity index is 2.77. The fourth-order valence-corrected chi connectivity index (χ4v) is 1.02. The normalized spacial score (nSPS) is 13.0. The van der Waals surface area contributed by atoms with E-state index in [9.17, 15) is 8.78 Å². The summed E-state index contributed by atoms with van der Waals surface area (Å²) in [5.74, 6) is -0.692. The zero-order chi connectivity index (χ0) is 10.7. The Kier molecular flexibility index (Phi) is 3.44. The Labute approximate surface area is 83.1 Å². The van der Waals surface area contributed by atoms with Crippen LogP contribution < -0.4 is 5.32 Å². The van der Waals surface area contributed by atoms with Crippen LogP contribution in [0.2, 0.25) is 0 Å². The predicted molar refractivity (Wildman–Crippen MR) is 54.3 cm³/mol. The molecule has 0 radical (unpaired) electrons. The van der Waals surface area contributed by atoms with E-state index in [1.807, 2.05) is 20.8 Å². The van der Waals surface area contributed by atoms with Crippen molar-refractivity contribution in [2.75, 3.05) is 5.32 Å². The maximum absolute atomic E-state index is 13.2. The van der Waals surface area contributed by atoms with Crippen molar-refractivity contribution in [2.24, 2.45) is 5.92 Å². The summed E-state index contributed by atoms with van der Waals surface area (Å²) in [5.41, 5.74) is 0.354. The third-order valence-corrected chi connectivity index (χ3v) is 2.31. The minimum absolute atomic E-state index is 0.162. The fraction of sp³-hybridized carbons (Fsp3) is 0.455. The summed E-state index contributed by atoms with van der Waals surface area (Å²) in [5, 5.41) is 3.00. The van der Waals surface area contributed by atoms with Crippen LogP contribution in [0.5, 0.6) is 0 Å². The lowest BCUT2D eigenvalue weighted by Gasteiger charge is -2.19. The molecule has 0 aliphatic carbocycles. The molecule has 0 aliphatic heterocycles. The van der Waals surface area contributed by atoms with Gasteiger partial charge in [-0.25, -0.2) is 8.78 Å². The number of rotatable bonds is 3. The van der Waals surface area contributed by atoms with Gasteiger partial charge in [0.25, 0.3) is 0 Å². The quantitative estimate of drug-likeness (QED) is 0.786. The summed E-state index contributed by atoms with van der Waals surface area (Å²) in [6, 6.07) is 3.71. The van der Waals surface area contributed by atoms with Gasteiger partial charge in [-0.15, -0.1) is 0 Å². The number of halogens is 2. The summed E-state index contributed by atoms with van der Waals surface area (Å²) in [6.07, 6.45) is 0. The van der Waals surface area contributed by atoms with Crippen LogP contribution >= 0.6 is 0 Å². The van der Waals surface area contributed by atoms with E-state index in [1.165, 1.54) is 12.1 Å². The second kappa shape index (κ2) is 4.40. The first-order chi connectivity index (χ1) is 6.50. The molecule has 3 heteroatoms. The molecule has 1 atom stereocenters. The van der Waals surface area contributed by atoms with E-state index >= 15 is 0 Å². The molecule has 0 spiro atoms. The van der Waals surface area contributed by atoms with Crippen LogP contribution in [0, 0.1) is 17.6 Å². The molecule has 0 aromatic heterocycles. The first-order valence-corrected chi connectivity index (χ1v) is 4.72. The molecule has 0 bridgehead atoms. The number of benzene rings is 1. The predicted octanol–water partition coefficient (Wildman–Crippen LogP) is 3.42. The maximum atomic E-state index is 13.2. The fourth-order valence-electron chi connectivity index (χ4n) is 1.02. The van der Waals surface area contributed by atoms with Crippen molar-refractivity contribution >= 4 is 5.69 Å². The standard InChI is InChI=1S/C11H15F2N/c1-7(2)8(3)14-11-5-4-9(12)6-10(11)13/h4-8,14H,1-3H3. The second-order valence-corrected chi connectivity index (χ2v) is 3.80. The van der Waals surface area contributed by atoms with E-state index in [1.54, 1.807) is 0 Å². The van der Waals surface area contributed by atoms with Gasteiger partial charge in [0.15, 0.2) is 0 Å². The Morgan fingerprint density at radius 3 is 2.29 bits per heavy atom. The molecule has 1 N–H and O–H groups in total. The van der Waals surface area contributed by atoms with Crippen LogP contribution in [0.1, 0.15) is 20.8 Å². The summed E-state index contributed by atoms with van der Waals surface area (Å²) >= 11 is 0. The highest BCUT2D eigenvalue weighted by Crippen LogP contribution is 2.17. The monoisotopic (exact) mass is 199 g/mol. The first-order valence-electron chi connectivity index (χ1n) is 4.72. The van der Waals surface area contributed by atoms with E-state index in [-0.39, 0.29) is 6.04 Å². The van der Waals surface area contributed by atoms with Crippen molar-refractivity contribution in [3.8, 4) is 0 Å².